The summed E-state index contributed by atoms with van der Waals surface area (Å²) in [5.74, 6) is -0.418. The van der Waals surface area contributed by atoms with Gasteiger partial charge in [-0.3, -0.25) is 4.79 Å². The number of ketones is 1. The summed E-state index contributed by atoms with van der Waals surface area (Å²) in [6.07, 6.45) is -0.265. The molecule has 0 saturated carbocycles. The molecular weight excluding hydrogens is 452 g/mol. The summed E-state index contributed by atoms with van der Waals surface area (Å²) in [5, 5.41) is 4.00. The molecule has 0 spiro atoms. The van der Waals surface area contributed by atoms with Gasteiger partial charge in [-0.1, -0.05) is 76.1 Å². The Hall–Kier alpha value is -2.77. The molecule has 0 aliphatic rings. The molecular formula is C22H19BrN2O3S. The Bertz CT molecular complexity index is 1160. The fraction of sp³-hybridized carbons (Fsp3) is 0.0909. The van der Waals surface area contributed by atoms with Gasteiger partial charge >= 0.3 is 0 Å². The first kappa shape index (κ1) is 19.5. The van der Waals surface area contributed by atoms with Gasteiger partial charge in [0.2, 0.25) is 0 Å². The number of carbonyl (C=O) groups excluding carboxylic acids is 1. The molecule has 3 rings (SSSR count). The van der Waals surface area contributed by atoms with E-state index in [9.17, 15) is 13.2 Å². The Morgan fingerprint density at radius 3 is 2.28 bits per heavy atom. The standard InChI is InChI=1S/C22H19BrN2O3S/c1-17-7-13-21(14-8-17)29(27,28)25(16-22(26)19-5-3-2-4-6-19)24-15-18-9-11-20(23)12-10-18/h2-15H,16H2,1H3/b24-15+/i15D. The normalized spacial score (nSPS) is 12.3. The van der Waals surface area contributed by atoms with Crippen molar-refractivity contribution in [2.24, 2.45) is 5.10 Å². The van der Waals surface area contributed by atoms with Crippen molar-refractivity contribution in [2.45, 2.75) is 11.8 Å². The number of carbonyl (C=O) groups is 1. The minimum Gasteiger partial charge on any atom is -0.292 e. The number of hydrogen-bond donors (Lipinski definition) is 0. The smallest absolute Gasteiger partial charge is 0.279 e. The summed E-state index contributed by atoms with van der Waals surface area (Å²) >= 11 is 3.32. The van der Waals surface area contributed by atoms with Crippen LogP contribution in [0.1, 0.15) is 22.9 Å². The highest BCUT2D eigenvalue weighted by molar-refractivity contribution is 9.10. The van der Waals surface area contributed by atoms with Crippen molar-refractivity contribution < 1.29 is 14.6 Å². The highest BCUT2D eigenvalue weighted by atomic mass is 79.9. The number of nitrogens with zero attached hydrogens (tertiary/aromatic N) is 2. The number of benzene rings is 3. The molecule has 148 valence electrons. The van der Waals surface area contributed by atoms with Crippen LogP contribution in [0.5, 0.6) is 0 Å². The number of aryl methyl sites for hydroxylation is 1. The lowest BCUT2D eigenvalue weighted by atomic mass is 10.1. The van der Waals surface area contributed by atoms with Crippen LogP contribution in [0.25, 0.3) is 0 Å². The van der Waals surface area contributed by atoms with Gasteiger partial charge in [0, 0.05) is 10.0 Å². The molecule has 5 nitrogen and oxygen atoms in total. The molecule has 0 fully saturated rings. The van der Waals surface area contributed by atoms with Crippen LogP contribution in [0.2, 0.25) is 0 Å². The average Bonchev–Trinajstić information content (AvgIpc) is 2.74. The molecule has 0 N–H and O–H groups in total. The second-order valence-corrected chi connectivity index (χ2v) is 9.07. The predicted octanol–water partition coefficient (Wildman–Crippen LogP) is 4.67. The van der Waals surface area contributed by atoms with E-state index in [2.05, 4.69) is 21.0 Å². The fourth-order valence-corrected chi connectivity index (χ4v) is 3.91. The van der Waals surface area contributed by atoms with Crippen LogP contribution in [0.15, 0.2) is 93.3 Å². The van der Waals surface area contributed by atoms with Gasteiger partial charge in [-0.05, 0) is 36.8 Å². The topological polar surface area (TPSA) is 66.8 Å². The third kappa shape index (κ3) is 5.40. The van der Waals surface area contributed by atoms with Crippen molar-refractivity contribution in [3.63, 3.8) is 0 Å². The number of rotatable bonds is 7. The highest BCUT2D eigenvalue weighted by Crippen LogP contribution is 2.18. The Kier molecular flexibility index (Phi) is 6.17. The summed E-state index contributed by atoms with van der Waals surface area (Å²) < 4.78 is 36.2. The Morgan fingerprint density at radius 1 is 1.03 bits per heavy atom. The number of sulfonamides is 1. The van der Waals surface area contributed by atoms with Gasteiger partial charge in [0.15, 0.2) is 5.78 Å². The highest BCUT2D eigenvalue weighted by Gasteiger charge is 2.25. The van der Waals surface area contributed by atoms with Crippen LogP contribution in [0.4, 0.5) is 0 Å². The monoisotopic (exact) mass is 471 g/mol. The molecule has 3 aromatic carbocycles. The van der Waals surface area contributed by atoms with Gasteiger partial charge in [-0.2, -0.15) is 17.9 Å². The zero-order chi connectivity index (χ0) is 21.7. The van der Waals surface area contributed by atoms with E-state index in [4.69, 9.17) is 1.37 Å². The molecule has 0 amide bonds. The van der Waals surface area contributed by atoms with Crippen molar-refractivity contribution in [3.8, 4) is 0 Å². The van der Waals surface area contributed by atoms with E-state index < -0.39 is 22.4 Å². The molecule has 7 heteroatoms. The molecule has 0 heterocycles. The van der Waals surface area contributed by atoms with Crippen molar-refractivity contribution in [1.29, 1.82) is 0 Å². The van der Waals surface area contributed by atoms with E-state index in [1.54, 1.807) is 66.7 Å². The number of Topliss-reactive ketones (excluding diaryl/α,β-unsaturated/α-hetero) is 1. The minimum absolute atomic E-state index is 0.00122. The third-order valence-electron chi connectivity index (χ3n) is 4.11. The van der Waals surface area contributed by atoms with Crippen molar-refractivity contribution in [1.82, 2.24) is 4.41 Å². The molecule has 0 saturated heterocycles. The van der Waals surface area contributed by atoms with Crippen LogP contribution < -0.4 is 0 Å². The molecule has 3 aromatic rings. The summed E-state index contributed by atoms with van der Waals surface area (Å²) in [7, 11) is -4.14. The van der Waals surface area contributed by atoms with E-state index in [0.717, 1.165) is 10.0 Å². The second-order valence-electron chi connectivity index (χ2n) is 6.31. The largest absolute Gasteiger partial charge is 0.292 e. The van der Waals surface area contributed by atoms with Crippen LogP contribution in [-0.4, -0.2) is 31.4 Å². The van der Waals surface area contributed by atoms with E-state index in [0.29, 0.717) is 15.5 Å². The summed E-state index contributed by atoms with van der Waals surface area (Å²) in [6.45, 7) is 1.33. The third-order valence-corrected chi connectivity index (χ3v) is 6.27. The van der Waals surface area contributed by atoms with E-state index >= 15 is 0 Å². The number of hydrazone groups is 1. The van der Waals surface area contributed by atoms with Crippen LogP contribution in [0, 0.1) is 6.92 Å². The average molecular weight is 472 g/mol. The van der Waals surface area contributed by atoms with Gasteiger partial charge < -0.3 is 0 Å². The molecule has 0 aromatic heterocycles. The Labute approximate surface area is 180 Å². The molecule has 0 bridgehead atoms. The minimum atomic E-state index is -4.14. The molecule has 0 aliphatic heterocycles. The maximum Gasteiger partial charge on any atom is 0.279 e. The maximum absolute atomic E-state index is 13.2. The van der Waals surface area contributed by atoms with E-state index in [-0.39, 0.29) is 11.1 Å². The van der Waals surface area contributed by atoms with E-state index in [1.807, 2.05) is 6.92 Å². The van der Waals surface area contributed by atoms with Crippen LogP contribution in [-0.2, 0) is 10.0 Å². The first-order valence-electron chi connectivity index (χ1n) is 9.26. The molecule has 29 heavy (non-hydrogen) atoms. The zero-order valence-corrected chi connectivity index (χ0v) is 18.0. The summed E-state index contributed by atoms with van der Waals surface area (Å²) in [4.78, 5) is 12.7. The SMILES string of the molecule is [2H]/C(=N\N(CC(=O)c1ccccc1)S(=O)(=O)c1ccc(C)cc1)c1ccc(Br)cc1. The zero-order valence-electron chi connectivity index (χ0n) is 16.6. The maximum atomic E-state index is 13.2. The molecule has 0 atom stereocenters. The number of hydrogen-bond acceptors (Lipinski definition) is 4. The van der Waals surface area contributed by atoms with Crippen molar-refractivity contribution >= 4 is 37.9 Å². The van der Waals surface area contributed by atoms with Crippen LogP contribution in [0.3, 0.4) is 0 Å². The quantitative estimate of drug-likeness (QED) is 0.285. The lowest BCUT2D eigenvalue weighted by Gasteiger charge is -2.18. The Balaban J connectivity index is 2.01. The van der Waals surface area contributed by atoms with E-state index in [1.165, 1.54) is 12.1 Å². The lowest BCUT2D eigenvalue weighted by Crippen LogP contribution is -2.31. The van der Waals surface area contributed by atoms with Gasteiger partial charge in [0.25, 0.3) is 10.0 Å². The summed E-state index contributed by atoms with van der Waals surface area (Å²) in [6, 6.07) is 21.4. The van der Waals surface area contributed by atoms with Gasteiger partial charge in [-0.25, -0.2) is 0 Å². The lowest BCUT2D eigenvalue weighted by molar-refractivity contribution is 0.0967. The van der Waals surface area contributed by atoms with Crippen molar-refractivity contribution in [2.75, 3.05) is 6.54 Å². The van der Waals surface area contributed by atoms with Crippen molar-refractivity contribution in [3.05, 3.63) is 100 Å². The number of halogens is 1. The molecule has 0 radical (unpaired) electrons. The second kappa shape index (κ2) is 9.15. The Morgan fingerprint density at radius 2 is 1.66 bits per heavy atom. The van der Waals surface area contributed by atoms with Gasteiger partial charge in [0.05, 0.1) is 12.5 Å². The predicted molar refractivity (Wildman–Crippen MR) is 118 cm³/mol. The molecule has 0 aliphatic carbocycles. The summed E-state index contributed by atoms with van der Waals surface area (Å²) in [5.41, 5.74) is 1.70. The van der Waals surface area contributed by atoms with Gasteiger partial charge in [-0.15, -0.1) is 0 Å². The first-order chi connectivity index (χ1) is 14.3. The fourth-order valence-electron chi connectivity index (χ4n) is 2.48. The van der Waals surface area contributed by atoms with Crippen LogP contribution >= 0.6 is 15.9 Å². The first-order valence-corrected chi connectivity index (χ1v) is 11.0. The van der Waals surface area contributed by atoms with Gasteiger partial charge in [0.1, 0.15) is 6.54 Å². The molecule has 0 unspecified atom stereocenters.